The lowest BCUT2D eigenvalue weighted by atomic mass is 10.1. The summed E-state index contributed by atoms with van der Waals surface area (Å²) in [6.07, 6.45) is 5.77. The van der Waals surface area contributed by atoms with E-state index in [4.69, 9.17) is 0 Å². The normalized spacial score (nSPS) is 20.6. The molecule has 1 aliphatic rings. The minimum absolute atomic E-state index is 0.153. The number of hydrogen-bond donors (Lipinski definition) is 1. The zero-order valence-electron chi connectivity index (χ0n) is 12.5. The van der Waals surface area contributed by atoms with Crippen molar-refractivity contribution in [2.45, 2.75) is 32.2 Å². The molecule has 0 aromatic heterocycles. The van der Waals surface area contributed by atoms with Gasteiger partial charge in [0.15, 0.2) is 0 Å². The quantitative estimate of drug-likeness (QED) is 0.802. The van der Waals surface area contributed by atoms with Crippen LogP contribution < -0.4 is 5.32 Å². The van der Waals surface area contributed by atoms with E-state index in [1.165, 1.54) is 31.9 Å². The number of nitrogens with zero attached hydrogens (tertiary/aromatic N) is 1. The van der Waals surface area contributed by atoms with E-state index >= 15 is 0 Å². The molecule has 1 N–H and O–H groups in total. The van der Waals surface area contributed by atoms with E-state index in [-0.39, 0.29) is 5.82 Å². The van der Waals surface area contributed by atoms with Crippen molar-refractivity contribution in [3.63, 3.8) is 0 Å². The fourth-order valence-corrected chi connectivity index (χ4v) is 2.81. The highest BCUT2D eigenvalue weighted by atomic mass is 19.1. The number of halogens is 1. The Balaban J connectivity index is 1.72. The van der Waals surface area contributed by atoms with Crippen molar-refractivity contribution in [2.24, 2.45) is 0 Å². The summed E-state index contributed by atoms with van der Waals surface area (Å²) in [6.45, 7) is 5.13. The number of likely N-dealkylation sites (tertiary alicyclic amines) is 1. The van der Waals surface area contributed by atoms with Gasteiger partial charge >= 0.3 is 0 Å². The summed E-state index contributed by atoms with van der Waals surface area (Å²) < 4.78 is 13.5. The van der Waals surface area contributed by atoms with E-state index in [2.05, 4.69) is 17.3 Å². The molecule has 3 heteroatoms. The van der Waals surface area contributed by atoms with Gasteiger partial charge in [0.05, 0.1) is 0 Å². The van der Waals surface area contributed by atoms with Crippen LogP contribution in [0, 0.1) is 5.82 Å². The molecule has 0 spiro atoms. The van der Waals surface area contributed by atoms with Crippen LogP contribution in [0.3, 0.4) is 0 Å². The highest BCUT2D eigenvalue weighted by Crippen LogP contribution is 2.17. The van der Waals surface area contributed by atoms with Gasteiger partial charge < -0.3 is 10.2 Å². The van der Waals surface area contributed by atoms with Crippen molar-refractivity contribution in [3.8, 4) is 0 Å². The van der Waals surface area contributed by atoms with Crippen LogP contribution in [0.1, 0.15) is 31.7 Å². The van der Waals surface area contributed by atoms with E-state index in [1.54, 1.807) is 6.07 Å². The highest BCUT2D eigenvalue weighted by Gasteiger charge is 2.19. The third-order valence-electron chi connectivity index (χ3n) is 4.04. The summed E-state index contributed by atoms with van der Waals surface area (Å²) in [5.74, 6) is -0.153. The zero-order chi connectivity index (χ0) is 14.4. The summed E-state index contributed by atoms with van der Waals surface area (Å²) >= 11 is 0. The van der Waals surface area contributed by atoms with Gasteiger partial charge in [0.1, 0.15) is 5.82 Å². The van der Waals surface area contributed by atoms with Gasteiger partial charge in [0.25, 0.3) is 0 Å². The second kappa shape index (κ2) is 7.55. The second-order valence-electron chi connectivity index (χ2n) is 5.75. The zero-order valence-corrected chi connectivity index (χ0v) is 12.5. The number of nitrogens with one attached hydrogen (secondary N) is 1. The number of hydrogen-bond acceptors (Lipinski definition) is 2. The van der Waals surface area contributed by atoms with Gasteiger partial charge in [0.2, 0.25) is 0 Å². The van der Waals surface area contributed by atoms with Crippen LogP contribution in [0.25, 0.3) is 6.08 Å². The molecule has 1 atom stereocenters. The van der Waals surface area contributed by atoms with Crippen molar-refractivity contribution >= 4 is 6.08 Å². The van der Waals surface area contributed by atoms with E-state index in [9.17, 15) is 4.39 Å². The molecule has 20 heavy (non-hydrogen) atoms. The molecule has 0 unspecified atom stereocenters. The first kappa shape index (κ1) is 15.2. The first-order valence-corrected chi connectivity index (χ1v) is 7.49. The summed E-state index contributed by atoms with van der Waals surface area (Å²) in [4.78, 5) is 2.45. The molecular weight excluding hydrogens is 251 g/mol. The van der Waals surface area contributed by atoms with Gasteiger partial charge in [0, 0.05) is 18.2 Å². The molecule has 0 saturated carbocycles. The Bertz CT molecular complexity index is 456. The average Bonchev–Trinajstić information content (AvgIpc) is 2.83. The maximum atomic E-state index is 13.5. The van der Waals surface area contributed by atoms with Crippen molar-refractivity contribution < 1.29 is 4.39 Å². The van der Waals surface area contributed by atoms with E-state index < -0.39 is 0 Å². The molecule has 2 rings (SSSR count). The molecule has 0 amide bonds. The Labute approximate surface area is 121 Å². The molecule has 1 aromatic rings. The molecule has 1 heterocycles. The van der Waals surface area contributed by atoms with E-state index in [0.29, 0.717) is 5.56 Å². The molecule has 1 aliphatic heterocycles. The van der Waals surface area contributed by atoms with Crippen LogP contribution in [-0.4, -0.2) is 37.6 Å². The van der Waals surface area contributed by atoms with Gasteiger partial charge in [-0.05, 0) is 52.4 Å². The summed E-state index contributed by atoms with van der Waals surface area (Å²) in [5, 5.41) is 3.45. The van der Waals surface area contributed by atoms with E-state index in [1.807, 2.05) is 25.1 Å². The Morgan fingerprint density at radius 3 is 2.95 bits per heavy atom. The van der Waals surface area contributed by atoms with Gasteiger partial charge in [-0.15, -0.1) is 0 Å². The third kappa shape index (κ3) is 4.43. The maximum absolute atomic E-state index is 13.5. The summed E-state index contributed by atoms with van der Waals surface area (Å²) in [6, 6.07) is 7.64. The highest BCUT2D eigenvalue weighted by molar-refractivity contribution is 5.53. The fourth-order valence-electron chi connectivity index (χ4n) is 2.81. The molecular formula is C17H25FN2. The lowest BCUT2D eigenvalue weighted by Crippen LogP contribution is -2.29. The lowest BCUT2D eigenvalue weighted by molar-refractivity contribution is 0.294. The van der Waals surface area contributed by atoms with Crippen molar-refractivity contribution in [2.75, 3.05) is 26.7 Å². The monoisotopic (exact) mass is 276 g/mol. The first-order chi connectivity index (χ1) is 9.66. The first-order valence-electron chi connectivity index (χ1n) is 7.49. The Kier molecular flexibility index (Phi) is 5.74. The van der Waals surface area contributed by atoms with Crippen LogP contribution in [0.2, 0.25) is 0 Å². The largest absolute Gasteiger partial charge is 0.313 e. The standard InChI is InChI=1S/C17H25FN2/c1-14(12-15-6-3-4-8-17(15)18)13-19-10-9-16-7-5-11-20(16)2/h3-4,6,8,12,16,19H,5,7,9-11,13H2,1-2H3/b14-12+/t16-/m1/s1. The summed E-state index contributed by atoms with van der Waals surface area (Å²) in [5.41, 5.74) is 1.83. The predicted molar refractivity (Wildman–Crippen MR) is 83.2 cm³/mol. The number of benzene rings is 1. The average molecular weight is 276 g/mol. The Morgan fingerprint density at radius 1 is 1.45 bits per heavy atom. The molecule has 110 valence electrons. The number of rotatable bonds is 6. The van der Waals surface area contributed by atoms with Crippen LogP contribution in [-0.2, 0) is 0 Å². The van der Waals surface area contributed by atoms with Gasteiger partial charge in [-0.3, -0.25) is 0 Å². The van der Waals surface area contributed by atoms with Gasteiger partial charge in [-0.25, -0.2) is 4.39 Å². The van der Waals surface area contributed by atoms with E-state index in [0.717, 1.165) is 24.7 Å². The Hall–Kier alpha value is -1.19. The van der Waals surface area contributed by atoms with Crippen LogP contribution in [0.15, 0.2) is 29.8 Å². The van der Waals surface area contributed by atoms with Crippen molar-refractivity contribution in [1.82, 2.24) is 10.2 Å². The van der Waals surface area contributed by atoms with Crippen LogP contribution in [0.4, 0.5) is 4.39 Å². The molecule has 1 saturated heterocycles. The van der Waals surface area contributed by atoms with Crippen molar-refractivity contribution in [3.05, 3.63) is 41.2 Å². The molecule has 1 fully saturated rings. The second-order valence-corrected chi connectivity index (χ2v) is 5.75. The molecule has 1 aromatic carbocycles. The Morgan fingerprint density at radius 2 is 2.25 bits per heavy atom. The third-order valence-corrected chi connectivity index (χ3v) is 4.04. The maximum Gasteiger partial charge on any atom is 0.130 e. The lowest BCUT2D eigenvalue weighted by Gasteiger charge is -2.19. The molecule has 2 nitrogen and oxygen atoms in total. The smallest absolute Gasteiger partial charge is 0.130 e. The molecule has 0 bridgehead atoms. The summed E-state index contributed by atoms with van der Waals surface area (Å²) in [7, 11) is 2.21. The van der Waals surface area contributed by atoms with Crippen molar-refractivity contribution in [1.29, 1.82) is 0 Å². The fraction of sp³-hybridized carbons (Fsp3) is 0.529. The van der Waals surface area contributed by atoms with Crippen LogP contribution in [0.5, 0.6) is 0 Å². The SMILES string of the molecule is C/C(=C\c1ccccc1F)CNCC[C@H]1CCCN1C. The molecule has 0 radical (unpaired) electrons. The van der Waals surface area contributed by atoms with Crippen LogP contribution >= 0.6 is 0 Å². The molecule has 0 aliphatic carbocycles. The predicted octanol–water partition coefficient (Wildman–Crippen LogP) is 3.30. The topological polar surface area (TPSA) is 15.3 Å². The minimum atomic E-state index is -0.153. The van der Waals surface area contributed by atoms with Gasteiger partial charge in [-0.1, -0.05) is 29.8 Å². The van der Waals surface area contributed by atoms with Gasteiger partial charge in [-0.2, -0.15) is 0 Å². The minimum Gasteiger partial charge on any atom is -0.313 e.